The van der Waals surface area contributed by atoms with E-state index in [2.05, 4.69) is 29.3 Å². The van der Waals surface area contributed by atoms with Crippen molar-refractivity contribution in [2.24, 2.45) is 0 Å². The van der Waals surface area contributed by atoms with E-state index in [9.17, 15) is 4.79 Å². The standard InChI is InChI=1S/C21H20N2O2/c1-2-3-7-19(17-8-5-4-6-9-17)14-20-22-23-21(25-20)18-12-10-16(15-24)11-13-18/h4-6,8-15H,2-3,7H2,1H3. The van der Waals surface area contributed by atoms with E-state index in [4.69, 9.17) is 4.42 Å². The molecule has 126 valence electrons. The number of benzene rings is 2. The molecule has 1 heterocycles. The predicted molar refractivity (Wildman–Crippen MR) is 99.0 cm³/mol. The summed E-state index contributed by atoms with van der Waals surface area (Å²) in [6, 6.07) is 17.3. The van der Waals surface area contributed by atoms with Crippen LogP contribution in [0.25, 0.3) is 23.1 Å². The van der Waals surface area contributed by atoms with Crippen LogP contribution < -0.4 is 0 Å². The molecule has 0 spiro atoms. The summed E-state index contributed by atoms with van der Waals surface area (Å²) >= 11 is 0. The predicted octanol–water partition coefficient (Wildman–Crippen LogP) is 5.28. The second-order valence-electron chi connectivity index (χ2n) is 5.82. The van der Waals surface area contributed by atoms with Gasteiger partial charge < -0.3 is 4.42 Å². The molecule has 0 fully saturated rings. The Morgan fingerprint density at radius 1 is 1.04 bits per heavy atom. The first kappa shape index (κ1) is 16.8. The zero-order valence-corrected chi connectivity index (χ0v) is 14.2. The highest BCUT2D eigenvalue weighted by Gasteiger charge is 2.09. The maximum Gasteiger partial charge on any atom is 0.248 e. The maximum atomic E-state index is 10.7. The molecule has 0 aliphatic heterocycles. The lowest BCUT2D eigenvalue weighted by Crippen LogP contribution is -1.86. The van der Waals surface area contributed by atoms with Crippen LogP contribution in [0.3, 0.4) is 0 Å². The first-order valence-corrected chi connectivity index (χ1v) is 8.45. The number of hydrogen-bond acceptors (Lipinski definition) is 4. The molecule has 4 heteroatoms. The molecule has 0 saturated carbocycles. The van der Waals surface area contributed by atoms with Crippen molar-refractivity contribution >= 4 is 17.9 Å². The van der Waals surface area contributed by atoms with Crippen LogP contribution >= 0.6 is 0 Å². The highest BCUT2D eigenvalue weighted by Crippen LogP contribution is 2.25. The number of hydrogen-bond donors (Lipinski definition) is 0. The molecule has 0 atom stereocenters. The van der Waals surface area contributed by atoms with Crippen molar-refractivity contribution < 1.29 is 9.21 Å². The summed E-state index contributed by atoms with van der Waals surface area (Å²) in [7, 11) is 0. The molecule has 0 amide bonds. The molecule has 0 aliphatic rings. The summed E-state index contributed by atoms with van der Waals surface area (Å²) in [6.45, 7) is 2.18. The maximum absolute atomic E-state index is 10.7. The number of unbranched alkanes of at least 4 members (excludes halogenated alkanes) is 1. The number of rotatable bonds is 7. The first-order chi connectivity index (χ1) is 12.3. The molecular formula is C21H20N2O2. The van der Waals surface area contributed by atoms with Crippen LogP contribution in [0.1, 0.15) is 48.0 Å². The molecule has 0 bridgehead atoms. The molecule has 3 aromatic rings. The number of aromatic nitrogens is 2. The Labute approximate surface area is 147 Å². The minimum Gasteiger partial charge on any atom is -0.417 e. The van der Waals surface area contributed by atoms with Crippen molar-refractivity contribution in [2.75, 3.05) is 0 Å². The molecule has 0 radical (unpaired) electrons. The number of nitrogens with zero attached hydrogens (tertiary/aromatic N) is 2. The van der Waals surface area contributed by atoms with Gasteiger partial charge in [0.2, 0.25) is 11.8 Å². The van der Waals surface area contributed by atoms with Gasteiger partial charge in [0, 0.05) is 17.2 Å². The molecule has 3 rings (SSSR count). The number of aldehydes is 1. The summed E-state index contributed by atoms with van der Waals surface area (Å²) < 4.78 is 5.79. The van der Waals surface area contributed by atoms with Gasteiger partial charge >= 0.3 is 0 Å². The average molecular weight is 332 g/mol. The summed E-state index contributed by atoms with van der Waals surface area (Å²) in [5.41, 5.74) is 3.78. The second kappa shape index (κ2) is 8.20. The van der Waals surface area contributed by atoms with E-state index in [0.29, 0.717) is 17.3 Å². The third-order valence-corrected chi connectivity index (χ3v) is 3.98. The lowest BCUT2D eigenvalue weighted by molar-refractivity contribution is 0.112. The van der Waals surface area contributed by atoms with Crippen molar-refractivity contribution in [1.29, 1.82) is 0 Å². The molecule has 0 aliphatic carbocycles. The smallest absolute Gasteiger partial charge is 0.248 e. The fourth-order valence-electron chi connectivity index (χ4n) is 2.58. The van der Waals surface area contributed by atoms with E-state index in [0.717, 1.165) is 31.1 Å². The highest BCUT2D eigenvalue weighted by atomic mass is 16.4. The van der Waals surface area contributed by atoms with Gasteiger partial charge in [-0.3, -0.25) is 4.79 Å². The van der Waals surface area contributed by atoms with E-state index in [1.54, 1.807) is 24.3 Å². The van der Waals surface area contributed by atoms with Gasteiger partial charge in [0.05, 0.1) is 0 Å². The molecule has 1 aromatic heterocycles. The molecule has 2 aromatic carbocycles. The van der Waals surface area contributed by atoms with Crippen LogP contribution in [0.15, 0.2) is 59.0 Å². The summed E-state index contributed by atoms with van der Waals surface area (Å²) in [5.74, 6) is 0.941. The largest absolute Gasteiger partial charge is 0.417 e. The Hall–Kier alpha value is -3.01. The van der Waals surface area contributed by atoms with E-state index in [1.807, 2.05) is 24.3 Å². The lowest BCUT2D eigenvalue weighted by atomic mass is 10.00. The van der Waals surface area contributed by atoms with Gasteiger partial charge in [-0.1, -0.05) is 55.8 Å². The van der Waals surface area contributed by atoms with Gasteiger partial charge in [0.15, 0.2) is 0 Å². The number of allylic oxidation sites excluding steroid dienone is 1. The fourth-order valence-corrected chi connectivity index (χ4v) is 2.58. The van der Waals surface area contributed by atoms with E-state index in [1.165, 1.54) is 11.1 Å². The minimum atomic E-state index is 0.451. The zero-order chi connectivity index (χ0) is 17.5. The SMILES string of the molecule is CCCCC(=Cc1nnc(-c2ccc(C=O)cc2)o1)c1ccccc1. The van der Waals surface area contributed by atoms with Crippen LogP contribution in [0.5, 0.6) is 0 Å². The van der Waals surface area contributed by atoms with Crippen molar-refractivity contribution in [3.63, 3.8) is 0 Å². The third kappa shape index (κ3) is 4.29. The number of carbonyl (C=O) groups is 1. The van der Waals surface area contributed by atoms with Crippen molar-refractivity contribution in [3.8, 4) is 11.5 Å². The van der Waals surface area contributed by atoms with Crippen LogP contribution in [0, 0.1) is 0 Å². The number of carbonyl (C=O) groups excluding carboxylic acids is 1. The third-order valence-electron chi connectivity index (χ3n) is 3.98. The van der Waals surface area contributed by atoms with Crippen molar-refractivity contribution in [2.45, 2.75) is 26.2 Å². The fraction of sp³-hybridized carbons (Fsp3) is 0.190. The molecular weight excluding hydrogens is 312 g/mol. The Morgan fingerprint density at radius 2 is 1.80 bits per heavy atom. The molecule has 25 heavy (non-hydrogen) atoms. The van der Waals surface area contributed by atoms with Gasteiger partial charge in [0.25, 0.3) is 0 Å². The van der Waals surface area contributed by atoms with Crippen LogP contribution in [0.4, 0.5) is 0 Å². The van der Waals surface area contributed by atoms with Gasteiger partial charge in [-0.25, -0.2) is 0 Å². The molecule has 4 nitrogen and oxygen atoms in total. The Morgan fingerprint density at radius 3 is 2.48 bits per heavy atom. The Bertz CT molecular complexity index is 849. The van der Waals surface area contributed by atoms with Gasteiger partial charge in [0.1, 0.15) is 6.29 Å². The monoisotopic (exact) mass is 332 g/mol. The van der Waals surface area contributed by atoms with Crippen LogP contribution in [0.2, 0.25) is 0 Å². The van der Waals surface area contributed by atoms with Gasteiger partial charge in [-0.2, -0.15) is 0 Å². The van der Waals surface area contributed by atoms with E-state index < -0.39 is 0 Å². The van der Waals surface area contributed by atoms with E-state index >= 15 is 0 Å². The molecule has 0 saturated heterocycles. The van der Waals surface area contributed by atoms with Gasteiger partial charge in [-0.05, 0) is 36.1 Å². The van der Waals surface area contributed by atoms with E-state index in [-0.39, 0.29) is 0 Å². The topological polar surface area (TPSA) is 56.0 Å². The minimum absolute atomic E-state index is 0.451. The Kier molecular flexibility index (Phi) is 5.52. The zero-order valence-electron chi connectivity index (χ0n) is 14.2. The Balaban J connectivity index is 1.87. The lowest BCUT2D eigenvalue weighted by Gasteiger charge is -2.06. The van der Waals surface area contributed by atoms with Gasteiger partial charge in [-0.15, -0.1) is 10.2 Å². The first-order valence-electron chi connectivity index (χ1n) is 8.45. The molecule has 0 N–H and O–H groups in total. The average Bonchev–Trinajstić information content (AvgIpc) is 3.14. The summed E-state index contributed by atoms with van der Waals surface area (Å²) in [6.07, 6.45) is 5.97. The summed E-state index contributed by atoms with van der Waals surface area (Å²) in [5, 5.41) is 8.27. The van der Waals surface area contributed by atoms with Crippen LogP contribution in [-0.2, 0) is 0 Å². The van der Waals surface area contributed by atoms with Crippen molar-refractivity contribution in [3.05, 3.63) is 71.6 Å². The normalized spacial score (nSPS) is 11.5. The summed E-state index contributed by atoms with van der Waals surface area (Å²) in [4.78, 5) is 10.7. The van der Waals surface area contributed by atoms with Crippen LogP contribution in [-0.4, -0.2) is 16.5 Å². The highest BCUT2D eigenvalue weighted by molar-refractivity contribution is 5.79. The van der Waals surface area contributed by atoms with Crippen molar-refractivity contribution in [1.82, 2.24) is 10.2 Å². The quantitative estimate of drug-likeness (QED) is 0.552. The molecule has 0 unspecified atom stereocenters. The second-order valence-corrected chi connectivity index (χ2v) is 5.82.